The van der Waals surface area contributed by atoms with E-state index in [2.05, 4.69) is 10.5 Å². The van der Waals surface area contributed by atoms with E-state index in [0.29, 0.717) is 44.6 Å². The molecule has 0 aromatic carbocycles. The second-order valence-corrected chi connectivity index (χ2v) is 8.02. The third-order valence-corrected chi connectivity index (χ3v) is 4.27. The lowest BCUT2D eigenvalue weighted by Crippen LogP contribution is -2.48. The predicted molar refractivity (Wildman–Crippen MR) is 94.5 cm³/mol. The summed E-state index contributed by atoms with van der Waals surface area (Å²) in [5.41, 5.74) is -0.534. The molecule has 0 atom stereocenters. The Balaban J connectivity index is 1.79. The molecule has 1 saturated heterocycles. The van der Waals surface area contributed by atoms with Crippen molar-refractivity contribution in [3.8, 4) is 0 Å². The maximum Gasteiger partial charge on any atom is 0.410 e. The molecule has 0 aromatic heterocycles. The van der Waals surface area contributed by atoms with E-state index >= 15 is 0 Å². The molecular formula is C17H30N4O4. The zero-order valence-electron chi connectivity index (χ0n) is 15.9. The summed E-state index contributed by atoms with van der Waals surface area (Å²) >= 11 is 0. The standard InChI is InChI=1S/C17H30N4O4/c1-16(2,3)24-15(23)21-9-6-17(7-10-21)12-13(19-25-17)14(22)18-8-11-20(4)5/h6-12H2,1-5H3,(H,18,22). The van der Waals surface area contributed by atoms with Gasteiger partial charge in [0.15, 0.2) is 0 Å². The van der Waals surface area contributed by atoms with Crippen LogP contribution in [0.5, 0.6) is 0 Å². The van der Waals surface area contributed by atoms with E-state index in [-0.39, 0.29) is 12.0 Å². The third-order valence-electron chi connectivity index (χ3n) is 4.27. The van der Waals surface area contributed by atoms with Crippen LogP contribution in [-0.2, 0) is 14.4 Å². The Morgan fingerprint density at radius 3 is 2.52 bits per heavy atom. The number of ether oxygens (including phenoxy) is 1. The van der Waals surface area contributed by atoms with Crippen LogP contribution < -0.4 is 5.32 Å². The first-order valence-corrected chi connectivity index (χ1v) is 8.76. The minimum atomic E-state index is -0.503. The molecule has 0 aliphatic carbocycles. The first-order chi connectivity index (χ1) is 11.6. The number of nitrogens with one attached hydrogen (secondary N) is 1. The smallest absolute Gasteiger partial charge is 0.410 e. The van der Waals surface area contributed by atoms with Crippen LogP contribution in [0.4, 0.5) is 4.79 Å². The molecule has 1 fully saturated rings. The van der Waals surface area contributed by atoms with E-state index in [1.807, 2.05) is 39.8 Å². The van der Waals surface area contributed by atoms with Crippen LogP contribution in [0.2, 0.25) is 0 Å². The molecule has 142 valence electrons. The molecule has 0 radical (unpaired) electrons. The maximum atomic E-state index is 12.2. The summed E-state index contributed by atoms with van der Waals surface area (Å²) in [6.45, 7) is 7.99. The first-order valence-electron chi connectivity index (χ1n) is 8.76. The highest BCUT2D eigenvalue weighted by atomic mass is 16.7. The number of hydrogen-bond donors (Lipinski definition) is 1. The van der Waals surface area contributed by atoms with Crippen molar-refractivity contribution < 1.29 is 19.2 Å². The average Bonchev–Trinajstić information content (AvgIpc) is 2.89. The molecule has 0 bridgehead atoms. The molecule has 2 aliphatic heterocycles. The Morgan fingerprint density at radius 1 is 1.32 bits per heavy atom. The molecule has 1 N–H and O–H groups in total. The molecule has 8 heteroatoms. The normalized spacial score (nSPS) is 19.6. The van der Waals surface area contributed by atoms with Gasteiger partial charge in [-0.3, -0.25) is 4.79 Å². The molecule has 2 amide bonds. The zero-order valence-corrected chi connectivity index (χ0v) is 15.9. The molecule has 8 nitrogen and oxygen atoms in total. The highest BCUT2D eigenvalue weighted by Gasteiger charge is 2.44. The van der Waals surface area contributed by atoms with Crippen LogP contribution in [0.3, 0.4) is 0 Å². The van der Waals surface area contributed by atoms with E-state index in [1.54, 1.807) is 4.90 Å². The van der Waals surface area contributed by atoms with E-state index in [1.165, 1.54) is 0 Å². The summed E-state index contributed by atoms with van der Waals surface area (Å²) in [5, 5.41) is 6.85. The number of nitrogens with zero attached hydrogens (tertiary/aromatic N) is 3. The Kier molecular flexibility index (Phi) is 5.92. The second-order valence-electron chi connectivity index (χ2n) is 8.02. The van der Waals surface area contributed by atoms with Gasteiger partial charge in [-0.2, -0.15) is 0 Å². The van der Waals surface area contributed by atoms with Crippen molar-refractivity contribution in [1.29, 1.82) is 0 Å². The Morgan fingerprint density at radius 2 is 1.96 bits per heavy atom. The predicted octanol–water partition coefficient (Wildman–Crippen LogP) is 1.21. The van der Waals surface area contributed by atoms with Crippen LogP contribution in [-0.4, -0.2) is 79.0 Å². The van der Waals surface area contributed by atoms with Gasteiger partial charge in [-0.05, 0) is 34.9 Å². The summed E-state index contributed by atoms with van der Waals surface area (Å²) in [6.07, 6.45) is 1.47. The fourth-order valence-corrected chi connectivity index (χ4v) is 2.83. The van der Waals surface area contributed by atoms with Crippen LogP contribution in [0.25, 0.3) is 0 Å². The second kappa shape index (κ2) is 7.59. The molecule has 2 rings (SSSR count). The van der Waals surface area contributed by atoms with Crippen molar-refractivity contribution in [1.82, 2.24) is 15.1 Å². The lowest BCUT2D eigenvalue weighted by atomic mass is 9.87. The molecule has 2 aliphatic rings. The Bertz CT molecular complexity index is 531. The molecule has 25 heavy (non-hydrogen) atoms. The van der Waals surface area contributed by atoms with Gasteiger partial charge in [-0.25, -0.2) is 4.79 Å². The van der Waals surface area contributed by atoms with Gasteiger partial charge in [0.1, 0.15) is 16.9 Å². The van der Waals surface area contributed by atoms with E-state index in [0.717, 1.165) is 6.54 Å². The lowest BCUT2D eigenvalue weighted by molar-refractivity contribution is -0.114. The quantitative estimate of drug-likeness (QED) is 0.820. The number of piperidine rings is 1. The van der Waals surface area contributed by atoms with Gasteiger partial charge >= 0.3 is 6.09 Å². The number of likely N-dealkylation sites (tertiary alicyclic amines) is 1. The summed E-state index contributed by atoms with van der Waals surface area (Å²) in [7, 11) is 3.91. The minimum absolute atomic E-state index is 0.173. The molecule has 2 heterocycles. The van der Waals surface area contributed by atoms with Crippen molar-refractivity contribution in [3.05, 3.63) is 0 Å². The van der Waals surface area contributed by atoms with Gasteiger partial charge in [0, 0.05) is 45.4 Å². The number of carbonyl (C=O) groups excluding carboxylic acids is 2. The molecule has 0 aromatic rings. The zero-order chi connectivity index (χ0) is 18.7. The molecule has 0 saturated carbocycles. The third kappa shape index (κ3) is 5.59. The Labute approximate surface area is 149 Å². The van der Waals surface area contributed by atoms with Crippen LogP contribution in [0.15, 0.2) is 5.16 Å². The number of rotatable bonds is 4. The average molecular weight is 354 g/mol. The van der Waals surface area contributed by atoms with Crippen LogP contribution in [0.1, 0.15) is 40.0 Å². The molecule has 1 spiro atoms. The lowest BCUT2D eigenvalue weighted by Gasteiger charge is -2.37. The fraction of sp³-hybridized carbons (Fsp3) is 0.824. The summed E-state index contributed by atoms with van der Waals surface area (Å²) in [5.74, 6) is -0.173. The number of oxime groups is 1. The van der Waals surface area contributed by atoms with Crippen molar-refractivity contribution in [2.24, 2.45) is 5.16 Å². The van der Waals surface area contributed by atoms with Crippen molar-refractivity contribution >= 4 is 17.7 Å². The van der Waals surface area contributed by atoms with Crippen molar-refractivity contribution in [3.63, 3.8) is 0 Å². The highest BCUT2D eigenvalue weighted by molar-refractivity contribution is 6.39. The number of amides is 2. The van der Waals surface area contributed by atoms with Crippen LogP contribution in [0, 0.1) is 0 Å². The van der Waals surface area contributed by atoms with E-state index in [9.17, 15) is 9.59 Å². The highest BCUT2D eigenvalue weighted by Crippen LogP contribution is 2.35. The molecule has 0 unspecified atom stereocenters. The van der Waals surface area contributed by atoms with E-state index in [4.69, 9.17) is 9.57 Å². The van der Waals surface area contributed by atoms with Crippen molar-refractivity contribution in [2.45, 2.75) is 51.2 Å². The summed E-state index contributed by atoms with van der Waals surface area (Å²) in [4.78, 5) is 33.6. The molecular weight excluding hydrogens is 324 g/mol. The fourth-order valence-electron chi connectivity index (χ4n) is 2.83. The number of hydrogen-bond acceptors (Lipinski definition) is 6. The van der Waals surface area contributed by atoms with Crippen molar-refractivity contribution in [2.75, 3.05) is 40.3 Å². The van der Waals surface area contributed by atoms with E-state index < -0.39 is 11.2 Å². The van der Waals surface area contributed by atoms with Gasteiger partial charge in [-0.15, -0.1) is 0 Å². The minimum Gasteiger partial charge on any atom is -0.444 e. The van der Waals surface area contributed by atoms with Gasteiger partial charge in [-0.1, -0.05) is 5.16 Å². The topological polar surface area (TPSA) is 83.5 Å². The largest absolute Gasteiger partial charge is 0.444 e. The maximum absolute atomic E-state index is 12.2. The van der Waals surface area contributed by atoms with Crippen LogP contribution >= 0.6 is 0 Å². The van der Waals surface area contributed by atoms with Gasteiger partial charge in [0.2, 0.25) is 0 Å². The summed E-state index contributed by atoms with van der Waals surface area (Å²) < 4.78 is 5.40. The number of carbonyl (C=O) groups is 2. The Hall–Kier alpha value is -1.83. The van der Waals surface area contributed by atoms with Gasteiger partial charge in [0.25, 0.3) is 5.91 Å². The first kappa shape index (κ1) is 19.5. The van der Waals surface area contributed by atoms with Gasteiger partial charge < -0.3 is 24.7 Å². The summed E-state index contributed by atoms with van der Waals surface area (Å²) in [6, 6.07) is 0. The monoisotopic (exact) mass is 354 g/mol. The number of likely N-dealkylation sites (N-methyl/N-ethyl adjacent to an activating group) is 1. The van der Waals surface area contributed by atoms with Gasteiger partial charge in [0.05, 0.1) is 0 Å². The SMILES string of the molecule is CN(C)CCNC(=O)C1=NOC2(CCN(C(=O)OC(C)(C)C)CC2)C1.